The number of hydrogen-bond acceptors (Lipinski definition) is 3. The number of benzene rings is 2. The molecule has 29 heavy (non-hydrogen) atoms. The van der Waals surface area contributed by atoms with E-state index in [0.717, 1.165) is 27.4 Å². The highest BCUT2D eigenvalue weighted by molar-refractivity contribution is 7.15. The second-order valence-corrected chi connectivity index (χ2v) is 8.65. The maximum Gasteiger partial charge on any atom is 0.275 e. The molecule has 0 spiro atoms. The summed E-state index contributed by atoms with van der Waals surface area (Å²) < 4.78 is 4.54. The van der Waals surface area contributed by atoms with Gasteiger partial charge in [0, 0.05) is 17.6 Å². The number of nitrogens with zero attached hydrogens (tertiary/aromatic N) is 3. The van der Waals surface area contributed by atoms with E-state index < -0.39 is 0 Å². The minimum atomic E-state index is -0.0106. The lowest BCUT2D eigenvalue weighted by Gasteiger charge is -2.09. The summed E-state index contributed by atoms with van der Waals surface area (Å²) >= 11 is 1.44. The zero-order valence-corrected chi connectivity index (χ0v) is 17.7. The van der Waals surface area contributed by atoms with E-state index in [1.165, 1.54) is 33.6 Å². The number of rotatable bonds is 2. The fraction of sp³-hybridized carbons (Fsp3) is 0.167. The van der Waals surface area contributed by atoms with E-state index in [4.69, 9.17) is 0 Å². The maximum absolute atomic E-state index is 13.2. The molecule has 0 bridgehead atoms. The number of imidazole rings is 1. The van der Waals surface area contributed by atoms with Gasteiger partial charge in [0.15, 0.2) is 4.96 Å². The number of hydrogen-bond donors (Lipinski definition) is 0. The van der Waals surface area contributed by atoms with E-state index in [0.29, 0.717) is 4.53 Å². The van der Waals surface area contributed by atoms with Crippen molar-refractivity contribution in [3.63, 3.8) is 0 Å². The summed E-state index contributed by atoms with van der Waals surface area (Å²) in [6.07, 6.45) is 3.99. The molecule has 0 saturated heterocycles. The Kier molecular flexibility index (Phi) is 3.96. The van der Waals surface area contributed by atoms with Gasteiger partial charge in [-0.1, -0.05) is 17.4 Å². The first-order chi connectivity index (χ1) is 13.9. The second-order valence-electron chi connectivity index (χ2n) is 7.64. The first-order valence-corrected chi connectivity index (χ1v) is 10.4. The molecule has 4 nitrogen and oxygen atoms in total. The van der Waals surface area contributed by atoms with Crippen molar-refractivity contribution in [3.8, 4) is 5.69 Å². The third-order valence-corrected chi connectivity index (χ3v) is 6.65. The van der Waals surface area contributed by atoms with Crippen LogP contribution >= 0.6 is 11.3 Å². The number of aryl methyl sites for hydroxylation is 4. The zero-order valence-electron chi connectivity index (χ0n) is 16.9. The van der Waals surface area contributed by atoms with Crippen LogP contribution in [0.15, 0.2) is 53.5 Å². The van der Waals surface area contributed by atoms with Crippen LogP contribution in [0.1, 0.15) is 27.9 Å². The molecule has 0 fully saturated rings. The monoisotopic (exact) mass is 399 g/mol. The quantitative estimate of drug-likeness (QED) is 0.439. The lowest BCUT2D eigenvalue weighted by molar-refractivity contribution is 1.05. The van der Waals surface area contributed by atoms with E-state index >= 15 is 0 Å². The summed E-state index contributed by atoms with van der Waals surface area (Å²) in [7, 11) is 0. The second kappa shape index (κ2) is 6.42. The Bertz CT molecular complexity index is 1520. The SMILES string of the molecule is Cc1ccc(-n2cccc2/C=c2\sc3nc4cc(C)c(C)cc4n3c2=O)cc1C. The van der Waals surface area contributed by atoms with Gasteiger partial charge in [-0.2, -0.15) is 0 Å². The largest absolute Gasteiger partial charge is 0.317 e. The Labute approximate surface area is 172 Å². The molecule has 0 atom stereocenters. The zero-order chi connectivity index (χ0) is 20.3. The van der Waals surface area contributed by atoms with Crippen LogP contribution < -0.4 is 10.1 Å². The third-order valence-electron chi connectivity index (χ3n) is 5.68. The summed E-state index contributed by atoms with van der Waals surface area (Å²) in [5.74, 6) is 0. The van der Waals surface area contributed by atoms with Gasteiger partial charge in [-0.15, -0.1) is 0 Å². The number of aromatic nitrogens is 3. The topological polar surface area (TPSA) is 39.3 Å². The minimum Gasteiger partial charge on any atom is -0.317 e. The molecule has 0 N–H and O–H groups in total. The molecular formula is C24H21N3OS. The van der Waals surface area contributed by atoms with Gasteiger partial charge in [0.2, 0.25) is 0 Å². The van der Waals surface area contributed by atoms with Crippen LogP contribution in [0, 0.1) is 27.7 Å². The van der Waals surface area contributed by atoms with Crippen molar-refractivity contribution in [1.82, 2.24) is 14.0 Å². The summed E-state index contributed by atoms with van der Waals surface area (Å²) in [5.41, 5.74) is 8.69. The third kappa shape index (κ3) is 2.81. The maximum atomic E-state index is 13.2. The molecule has 0 aliphatic carbocycles. The molecule has 3 heterocycles. The fourth-order valence-corrected chi connectivity index (χ4v) is 4.65. The molecule has 0 radical (unpaired) electrons. The van der Waals surface area contributed by atoms with Gasteiger partial charge < -0.3 is 4.57 Å². The molecule has 0 saturated carbocycles. The van der Waals surface area contributed by atoms with Gasteiger partial charge in [0.25, 0.3) is 5.56 Å². The Balaban J connectivity index is 1.70. The van der Waals surface area contributed by atoms with E-state index in [2.05, 4.69) is 67.6 Å². The van der Waals surface area contributed by atoms with E-state index in [1.807, 2.05) is 24.4 Å². The number of fused-ring (bicyclic) bond motifs is 3. The van der Waals surface area contributed by atoms with E-state index in [-0.39, 0.29) is 5.56 Å². The van der Waals surface area contributed by atoms with Crippen LogP contribution in [0.2, 0.25) is 0 Å². The highest BCUT2D eigenvalue weighted by Gasteiger charge is 2.13. The van der Waals surface area contributed by atoms with Crippen molar-refractivity contribution in [1.29, 1.82) is 0 Å². The molecule has 0 aliphatic heterocycles. The predicted octanol–water partition coefficient (Wildman–Crippen LogP) is 4.48. The molecule has 5 rings (SSSR count). The molecule has 0 amide bonds. The normalized spacial score (nSPS) is 12.5. The number of thiazole rings is 1. The Morgan fingerprint density at radius 3 is 2.48 bits per heavy atom. The average molecular weight is 400 g/mol. The summed E-state index contributed by atoms with van der Waals surface area (Å²) in [6, 6.07) is 14.6. The lowest BCUT2D eigenvalue weighted by atomic mass is 10.1. The predicted molar refractivity (Wildman–Crippen MR) is 120 cm³/mol. The van der Waals surface area contributed by atoms with Gasteiger partial charge in [0.05, 0.1) is 15.6 Å². The van der Waals surface area contributed by atoms with Gasteiger partial charge >= 0.3 is 0 Å². The van der Waals surface area contributed by atoms with Crippen molar-refractivity contribution in [3.05, 3.63) is 91.5 Å². The van der Waals surface area contributed by atoms with Crippen LogP contribution in [0.25, 0.3) is 27.8 Å². The van der Waals surface area contributed by atoms with Crippen LogP contribution in [0.3, 0.4) is 0 Å². The van der Waals surface area contributed by atoms with Crippen molar-refractivity contribution in [2.45, 2.75) is 27.7 Å². The highest BCUT2D eigenvalue weighted by Crippen LogP contribution is 2.21. The van der Waals surface area contributed by atoms with Crippen LogP contribution in [-0.2, 0) is 0 Å². The molecular weight excluding hydrogens is 378 g/mol. The Morgan fingerprint density at radius 2 is 1.69 bits per heavy atom. The summed E-state index contributed by atoms with van der Waals surface area (Å²) in [4.78, 5) is 18.6. The first-order valence-electron chi connectivity index (χ1n) is 9.61. The lowest BCUT2D eigenvalue weighted by Crippen LogP contribution is -2.23. The van der Waals surface area contributed by atoms with E-state index in [9.17, 15) is 4.79 Å². The molecule has 5 aromatic rings. The van der Waals surface area contributed by atoms with Gasteiger partial charge in [0.1, 0.15) is 0 Å². The summed E-state index contributed by atoms with van der Waals surface area (Å²) in [6.45, 7) is 8.36. The van der Waals surface area contributed by atoms with Gasteiger partial charge in [-0.25, -0.2) is 9.38 Å². The fourth-order valence-electron chi connectivity index (χ4n) is 3.68. The van der Waals surface area contributed by atoms with E-state index in [1.54, 1.807) is 4.40 Å². The smallest absolute Gasteiger partial charge is 0.275 e. The molecule has 3 aromatic heterocycles. The average Bonchev–Trinajstić information content (AvgIpc) is 3.35. The standard InChI is InChI=1S/C24H21N3OS/c1-14-7-8-19(10-15(14)2)26-9-5-6-18(26)13-22-23(28)27-21-12-17(4)16(3)11-20(21)25-24(27)29-22/h5-13H,1-4H3/b22-13-. The van der Waals surface area contributed by atoms with Gasteiger partial charge in [-0.3, -0.25) is 4.79 Å². The molecule has 144 valence electrons. The van der Waals surface area contributed by atoms with Crippen molar-refractivity contribution >= 4 is 33.4 Å². The minimum absolute atomic E-state index is 0.0106. The van der Waals surface area contributed by atoms with Gasteiger partial charge in [-0.05, 0) is 92.4 Å². The Hall–Kier alpha value is -3.18. The molecule has 5 heteroatoms. The van der Waals surface area contributed by atoms with Crippen molar-refractivity contribution in [2.24, 2.45) is 0 Å². The van der Waals surface area contributed by atoms with Crippen LogP contribution in [-0.4, -0.2) is 14.0 Å². The summed E-state index contributed by atoms with van der Waals surface area (Å²) in [5, 5.41) is 0. The molecule has 0 unspecified atom stereocenters. The first kappa shape index (κ1) is 17.9. The van der Waals surface area contributed by atoms with Crippen molar-refractivity contribution in [2.75, 3.05) is 0 Å². The van der Waals surface area contributed by atoms with Crippen LogP contribution in [0.4, 0.5) is 0 Å². The Morgan fingerprint density at radius 1 is 0.931 bits per heavy atom. The van der Waals surface area contributed by atoms with Crippen molar-refractivity contribution < 1.29 is 0 Å². The van der Waals surface area contributed by atoms with Crippen LogP contribution in [0.5, 0.6) is 0 Å². The molecule has 0 aliphatic rings. The molecule has 2 aromatic carbocycles. The highest BCUT2D eigenvalue weighted by atomic mass is 32.1.